The van der Waals surface area contributed by atoms with Crippen molar-refractivity contribution in [1.29, 1.82) is 0 Å². The third-order valence-corrected chi connectivity index (χ3v) is 3.67. The second-order valence-electron chi connectivity index (χ2n) is 5.06. The minimum atomic E-state index is -0.427. The topological polar surface area (TPSA) is 84.7 Å². The van der Waals surface area contributed by atoms with E-state index in [9.17, 15) is 9.59 Å². The van der Waals surface area contributed by atoms with Gasteiger partial charge >= 0.3 is 0 Å². The first-order valence-electron chi connectivity index (χ1n) is 7.10. The molecule has 2 rings (SSSR count). The van der Waals surface area contributed by atoms with Crippen molar-refractivity contribution in [3.8, 4) is 5.75 Å². The molecule has 0 spiro atoms. The van der Waals surface area contributed by atoms with Crippen LogP contribution in [0, 0.1) is 0 Å². The van der Waals surface area contributed by atoms with Crippen LogP contribution in [0.25, 0.3) is 0 Å². The summed E-state index contributed by atoms with van der Waals surface area (Å²) in [5.74, 6) is 0.429. The van der Waals surface area contributed by atoms with Gasteiger partial charge in [0.2, 0.25) is 11.8 Å². The van der Waals surface area contributed by atoms with Crippen LogP contribution in [-0.2, 0) is 9.59 Å². The predicted octanol–water partition coefficient (Wildman–Crippen LogP) is 2.04. The van der Waals surface area contributed by atoms with E-state index in [1.54, 1.807) is 23.1 Å². The summed E-state index contributed by atoms with van der Waals surface area (Å²) >= 11 is 0. The third-order valence-electron chi connectivity index (χ3n) is 3.67. The highest BCUT2D eigenvalue weighted by Crippen LogP contribution is 2.25. The first-order chi connectivity index (χ1) is 10.1. The van der Waals surface area contributed by atoms with Gasteiger partial charge in [-0.1, -0.05) is 6.92 Å². The largest absolute Gasteiger partial charge is 0.495 e. The summed E-state index contributed by atoms with van der Waals surface area (Å²) in [5, 5.41) is 2.81. The van der Waals surface area contributed by atoms with E-state index in [-0.39, 0.29) is 24.2 Å². The van der Waals surface area contributed by atoms with E-state index in [1.807, 2.05) is 6.92 Å². The van der Waals surface area contributed by atoms with Gasteiger partial charge in [-0.25, -0.2) is 0 Å². The number of hydrogen-bond acceptors (Lipinski definition) is 4. The molecule has 22 heavy (non-hydrogen) atoms. The fraction of sp³-hybridized carbons (Fsp3) is 0.467. The number of anilines is 2. The van der Waals surface area contributed by atoms with Crippen LogP contribution >= 0.6 is 12.4 Å². The standard InChI is InChI=1S/C15H21N3O3.ClH/c1-3-12(18-8-4-5-14(18)19)15(20)17-10-6-7-13(21-2)11(16)9-10;/h6-7,9,12H,3-5,8,16H2,1-2H3,(H,17,20);1H. The smallest absolute Gasteiger partial charge is 0.247 e. The number of likely N-dealkylation sites (tertiary alicyclic amines) is 1. The lowest BCUT2D eigenvalue weighted by Crippen LogP contribution is -2.44. The maximum Gasteiger partial charge on any atom is 0.247 e. The van der Waals surface area contributed by atoms with Crippen LogP contribution in [0.3, 0.4) is 0 Å². The Kier molecular flexibility index (Phi) is 6.49. The Morgan fingerprint density at radius 3 is 2.73 bits per heavy atom. The van der Waals surface area contributed by atoms with E-state index in [1.165, 1.54) is 7.11 Å². The molecule has 0 radical (unpaired) electrons. The first-order valence-corrected chi connectivity index (χ1v) is 7.10. The summed E-state index contributed by atoms with van der Waals surface area (Å²) in [4.78, 5) is 25.8. The monoisotopic (exact) mass is 327 g/mol. The fourth-order valence-electron chi connectivity index (χ4n) is 2.58. The van der Waals surface area contributed by atoms with Gasteiger partial charge in [0.15, 0.2) is 0 Å². The van der Waals surface area contributed by atoms with Gasteiger partial charge in [-0.05, 0) is 31.0 Å². The Hall–Kier alpha value is -1.95. The van der Waals surface area contributed by atoms with Gasteiger partial charge in [-0.15, -0.1) is 12.4 Å². The summed E-state index contributed by atoms with van der Waals surface area (Å²) in [6, 6.07) is 4.65. The van der Waals surface area contributed by atoms with E-state index in [4.69, 9.17) is 10.5 Å². The molecular formula is C15H22ClN3O3. The first kappa shape index (κ1) is 18.1. The molecule has 6 nitrogen and oxygen atoms in total. The summed E-state index contributed by atoms with van der Waals surface area (Å²) < 4.78 is 5.08. The van der Waals surface area contributed by atoms with Crippen LogP contribution in [0.5, 0.6) is 5.75 Å². The number of benzene rings is 1. The van der Waals surface area contributed by atoms with Gasteiger partial charge in [0.25, 0.3) is 0 Å². The van der Waals surface area contributed by atoms with Crippen molar-refractivity contribution < 1.29 is 14.3 Å². The summed E-state index contributed by atoms with van der Waals surface area (Å²) in [6.45, 7) is 2.55. The molecule has 1 unspecified atom stereocenters. The van der Waals surface area contributed by atoms with Gasteiger partial charge in [0.05, 0.1) is 12.8 Å². The molecular weight excluding hydrogens is 306 g/mol. The molecule has 122 valence electrons. The highest BCUT2D eigenvalue weighted by molar-refractivity contribution is 5.97. The van der Waals surface area contributed by atoms with Crippen molar-refractivity contribution in [3.63, 3.8) is 0 Å². The molecule has 1 aliphatic heterocycles. The van der Waals surface area contributed by atoms with Gasteiger partial charge in [-0.3, -0.25) is 9.59 Å². The van der Waals surface area contributed by atoms with E-state index >= 15 is 0 Å². The number of carbonyl (C=O) groups excluding carboxylic acids is 2. The zero-order valence-corrected chi connectivity index (χ0v) is 13.6. The van der Waals surface area contributed by atoms with Gasteiger partial charge in [0.1, 0.15) is 11.8 Å². The molecule has 0 bridgehead atoms. The lowest BCUT2D eigenvalue weighted by Gasteiger charge is -2.25. The zero-order chi connectivity index (χ0) is 15.4. The number of methoxy groups -OCH3 is 1. The minimum absolute atomic E-state index is 0. The molecule has 0 aromatic heterocycles. The van der Waals surface area contributed by atoms with Crippen molar-refractivity contribution in [1.82, 2.24) is 4.90 Å². The molecule has 1 aliphatic rings. The average molecular weight is 328 g/mol. The molecule has 3 N–H and O–H groups in total. The number of carbonyl (C=O) groups is 2. The Bertz CT molecular complexity index is 551. The van der Waals surface area contributed by atoms with Gasteiger partial charge < -0.3 is 20.7 Å². The van der Waals surface area contributed by atoms with E-state index in [0.717, 1.165) is 6.42 Å². The van der Waals surface area contributed by atoms with Crippen molar-refractivity contribution >= 4 is 35.6 Å². The maximum atomic E-state index is 12.4. The third kappa shape index (κ3) is 3.82. The Labute approximate surface area is 136 Å². The normalized spacial score (nSPS) is 15.2. The summed E-state index contributed by atoms with van der Waals surface area (Å²) in [6.07, 6.45) is 1.93. The van der Waals surface area contributed by atoms with Crippen LogP contribution in [0.1, 0.15) is 26.2 Å². The number of halogens is 1. The van der Waals surface area contributed by atoms with Crippen LogP contribution < -0.4 is 15.8 Å². The quantitative estimate of drug-likeness (QED) is 0.810. The number of nitrogens with zero attached hydrogens (tertiary/aromatic N) is 1. The van der Waals surface area contributed by atoms with Crippen molar-refractivity contribution in [2.45, 2.75) is 32.2 Å². The van der Waals surface area contributed by atoms with Crippen molar-refractivity contribution in [2.75, 3.05) is 24.7 Å². The summed E-state index contributed by atoms with van der Waals surface area (Å²) in [5.41, 5.74) is 6.88. The second-order valence-corrected chi connectivity index (χ2v) is 5.06. The second kappa shape index (κ2) is 7.89. The Morgan fingerprint density at radius 2 is 2.23 bits per heavy atom. The molecule has 1 heterocycles. The molecule has 1 saturated heterocycles. The number of nitrogens with two attached hydrogens (primary N) is 1. The lowest BCUT2D eigenvalue weighted by molar-refractivity contribution is -0.135. The molecule has 1 aromatic rings. The lowest BCUT2D eigenvalue weighted by atomic mass is 10.1. The zero-order valence-electron chi connectivity index (χ0n) is 12.8. The highest BCUT2D eigenvalue weighted by atomic mass is 35.5. The van der Waals surface area contributed by atoms with E-state index in [2.05, 4.69) is 5.32 Å². The molecule has 0 aliphatic carbocycles. The van der Waals surface area contributed by atoms with Crippen LogP contribution in [0.2, 0.25) is 0 Å². The number of amides is 2. The molecule has 1 fully saturated rings. The highest BCUT2D eigenvalue weighted by Gasteiger charge is 2.31. The number of rotatable bonds is 5. The Morgan fingerprint density at radius 1 is 1.50 bits per heavy atom. The number of ether oxygens (including phenoxy) is 1. The molecule has 1 atom stereocenters. The number of nitrogen functional groups attached to an aromatic ring is 1. The summed E-state index contributed by atoms with van der Waals surface area (Å²) in [7, 11) is 1.54. The SMILES string of the molecule is CCC(C(=O)Nc1ccc(OC)c(N)c1)N1CCCC1=O.Cl. The molecule has 1 aromatic carbocycles. The molecule has 2 amide bonds. The van der Waals surface area contributed by atoms with Crippen LogP contribution in [0.4, 0.5) is 11.4 Å². The van der Waals surface area contributed by atoms with E-state index in [0.29, 0.717) is 36.5 Å². The maximum absolute atomic E-state index is 12.4. The molecule has 7 heteroatoms. The number of hydrogen-bond donors (Lipinski definition) is 2. The van der Waals surface area contributed by atoms with Crippen LogP contribution in [0.15, 0.2) is 18.2 Å². The predicted molar refractivity (Wildman–Crippen MR) is 88.3 cm³/mol. The number of nitrogens with one attached hydrogen (secondary N) is 1. The van der Waals surface area contributed by atoms with Crippen molar-refractivity contribution in [2.24, 2.45) is 0 Å². The molecule has 0 saturated carbocycles. The van der Waals surface area contributed by atoms with Gasteiger partial charge in [0, 0.05) is 18.7 Å². The average Bonchev–Trinajstić information content (AvgIpc) is 2.86. The van der Waals surface area contributed by atoms with E-state index < -0.39 is 6.04 Å². The van der Waals surface area contributed by atoms with Gasteiger partial charge in [-0.2, -0.15) is 0 Å². The minimum Gasteiger partial charge on any atom is -0.495 e. The fourth-order valence-corrected chi connectivity index (χ4v) is 2.58. The van der Waals surface area contributed by atoms with Crippen molar-refractivity contribution in [3.05, 3.63) is 18.2 Å². The Balaban J connectivity index is 0.00000242. The van der Waals surface area contributed by atoms with Crippen LogP contribution in [-0.4, -0.2) is 36.4 Å².